The molecule has 26 heavy (non-hydrogen) atoms. The monoisotopic (exact) mass is 400 g/mol. The lowest BCUT2D eigenvalue weighted by atomic mass is 10.0. The highest BCUT2D eigenvalue weighted by Gasteiger charge is 2.21. The van der Waals surface area contributed by atoms with E-state index in [0.29, 0.717) is 18.3 Å². The summed E-state index contributed by atoms with van der Waals surface area (Å²) in [6.07, 6.45) is 4.91. The molecule has 0 aliphatic carbocycles. The molecule has 0 aromatic heterocycles. The lowest BCUT2D eigenvalue weighted by Crippen LogP contribution is -2.49. The first kappa shape index (κ1) is 23.1. The zero-order chi connectivity index (χ0) is 19.2. The normalized spacial score (nSPS) is 13.7. The number of carbonyl (C=O) groups is 2. The van der Waals surface area contributed by atoms with Gasteiger partial charge in [0.05, 0.1) is 19.2 Å². The topological polar surface area (TPSA) is 76.7 Å². The quantitative estimate of drug-likeness (QED) is 0.164. The van der Waals surface area contributed by atoms with Gasteiger partial charge in [0.2, 0.25) is 5.91 Å². The summed E-state index contributed by atoms with van der Waals surface area (Å²) in [6.45, 7) is 2.38. The summed E-state index contributed by atoms with van der Waals surface area (Å²) in [7, 11) is 4.92. The second-order valence-electron chi connectivity index (χ2n) is 5.88. The van der Waals surface area contributed by atoms with Crippen molar-refractivity contribution in [2.24, 2.45) is 0 Å². The summed E-state index contributed by atoms with van der Waals surface area (Å²) >= 11 is 0. The van der Waals surface area contributed by atoms with Crippen LogP contribution in [0.1, 0.15) is 28.8 Å². The second kappa shape index (κ2) is 14.2. The summed E-state index contributed by atoms with van der Waals surface area (Å²) in [5, 5.41) is 6.25. The van der Waals surface area contributed by atoms with Crippen molar-refractivity contribution < 1.29 is 19.4 Å². The number of carbonyl (C=O) groups excluding carboxylic acids is 2. The fourth-order valence-electron chi connectivity index (χ4n) is 2.66. The molecular weight excluding hydrogens is 370 g/mol. The minimum atomic E-state index is -0.287. The molecule has 4 unspecified atom stereocenters. The van der Waals surface area contributed by atoms with Gasteiger partial charge in [-0.1, -0.05) is 24.3 Å². The Morgan fingerprint density at radius 3 is 2.81 bits per heavy atom. The molecule has 1 aromatic carbocycles. The molecule has 0 aliphatic heterocycles. The van der Waals surface area contributed by atoms with Crippen molar-refractivity contribution >= 4 is 30.0 Å². The smallest absolute Gasteiger partial charge is 0.237 e. The van der Waals surface area contributed by atoms with Gasteiger partial charge in [0.15, 0.2) is 0 Å². The van der Waals surface area contributed by atoms with Crippen LogP contribution in [0.5, 0.6) is 0 Å². The molecule has 1 rings (SSSR count). The predicted octanol–water partition coefficient (Wildman–Crippen LogP) is 1.98. The molecule has 0 spiro atoms. The molecular formula is C18H30N2O4P2. The van der Waals surface area contributed by atoms with Crippen molar-refractivity contribution in [2.75, 3.05) is 32.8 Å². The Bertz CT molecular complexity index is 546. The van der Waals surface area contributed by atoms with Gasteiger partial charge >= 0.3 is 0 Å². The van der Waals surface area contributed by atoms with Crippen LogP contribution in [0, 0.1) is 0 Å². The van der Waals surface area contributed by atoms with E-state index in [-0.39, 0.29) is 24.6 Å². The number of rotatable bonds is 14. The highest BCUT2D eigenvalue weighted by atomic mass is 31.1. The highest BCUT2D eigenvalue weighted by molar-refractivity contribution is 7.36. The predicted molar refractivity (Wildman–Crippen MR) is 110 cm³/mol. The summed E-state index contributed by atoms with van der Waals surface area (Å²) < 4.78 is 0. The number of benzene rings is 1. The Labute approximate surface area is 160 Å². The van der Waals surface area contributed by atoms with E-state index in [4.69, 9.17) is 9.78 Å². The SMILES string of the molecule is COOCC(Cc1ccccc1C=O)NC(=O)C(CCCPC)NCP. The molecule has 2 N–H and O–H groups in total. The average Bonchev–Trinajstić information content (AvgIpc) is 2.65. The first-order valence-electron chi connectivity index (χ1n) is 8.73. The second-order valence-corrected chi connectivity index (χ2v) is 7.50. The Balaban J connectivity index is 2.77. The summed E-state index contributed by atoms with van der Waals surface area (Å²) in [5.74, 6) is -0.0554. The van der Waals surface area contributed by atoms with Crippen molar-refractivity contribution in [1.29, 1.82) is 0 Å². The standard InChI is InChI=1S/C18H30N2O4P2/c1-23-24-12-16(10-14-6-3-4-7-15(14)11-21)20-18(22)17(19-13-25)8-5-9-26-2/h3-4,6-7,11,16-17,19,26H,5,8-10,12-13,25H2,1-2H3,(H,20,22). The number of hydrogen-bond acceptors (Lipinski definition) is 5. The van der Waals surface area contributed by atoms with Crippen LogP contribution in [0.15, 0.2) is 24.3 Å². The number of hydrogen-bond donors (Lipinski definition) is 2. The third-order valence-electron chi connectivity index (χ3n) is 3.98. The maximum Gasteiger partial charge on any atom is 0.237 e. The molecule has 1 aromatic rings. The molecule has 1 amide bonds. The van der Waals surface area contributed by atoms with Crippen LogP contribution in [0.4, 0.5) is 0 Å². The van der Waals surface area contributed by atoms with Crippen LogP contribution in [-0.4, -0.2) is 57.1 Å². The number of aldehydes is 1. The highest BCUT2D eigenvalue weighted by Crippen LogP contribution is 2.12. The molecule has 8 heteroatoms. The lowest BCUT2D eigenvalue weighted by Gasteiger charge is -2.23. The first-order chi connectivity index (χ1) is 12.7. The molecule has 0 heterocycles. The van der Waals surface area contributed by atoms with Crippen LogP contribution in [0.2, 0.25) is 0 Å². The van der Waals surface area contributed by atoms with Gasteiger partial charge in [-0.25, -0.2) is 9.78 Å². The Morgan fingerprint density at radius 2 is 2.15 bits per heavy atom. The molecule has 4 atom stereocenters. The Morgan fingerprint density at radius 1 is 1.38 bits per heavy atom. The first-order valence-corrected chi connectivity index (χ1v) is 11.3. The van der Waals surface area contributed by atoms with E-state index >= 15 is 0 Å². The largest absolute Gasteiger partial charge is 0.349 e. The van der Waals surface area contributed by atoms with Gasteiger partial charge in [-0.05, 0) is 37.7 Å². The fraction of sp³-hybridized carbons (Fsp3) is 0.556. The zero-order valence-electron chi connectivity index (χ0n) is 15.5. The van der Waals surface area contributed by atoms with E-state index in [1.165, 1.54) is 7.11 Å². The van der Waals surface area contributed by atoms with Gasteiger partial charge in [0, 0.05) is 11.8 Å². The minimum absolute atomic E-state index is 0.0554. The maximum absolute atomic E-state index is 12.7. The van der Waals surface area contributed by atoms with Crippen molar-refractivity contribution in [2.45, 2.75) is 31.3 Å². The van der Waals surface area contributed by atoms with Crippen molar-refractivity contribution in [1.82, 2.24) is 10.6 Å². The molecule has 146 valence electrons. The van der Waals surface area contributed by atoms with Crippen LogP contribution in [0.3, 0.4) is 0 Å². The third-order valence-corrected chi connectivity index (χ3v) is 5.07. The van der Waals surface area contributed by atoms with Crippen molar-refractivity contribution in [3.05, 3.63) is 35.4 Å². The molecule has 0 bridgehead atoms. The van der Waals surface area contributed by atoms with E-state index < -0.39 is 0 Å². The van der Waals surface area contributed by atoms with Gasteiger partial charge in [0.1, 0.15) is 12.9 Å². The summed E-state index contributed by atoms with van der Waals surface area (Å²) in [4.78, 5) is 33.7. The summed E-state index contributed by atoms with van der Waals surface area (Å²) in [5.41, 5.74) is 1.49. The average molecular weight is 400 g/mol. The Kier molecular flexibility index (Phi) is 12.6. The van der Waals surface area contributed by atoms with E-state index in [1.54, 1.807) is 6.07 Å². The van der Waals surface area contributed by atoms with Gasteiger partial charge in [0.25, 0.3) is 0 Å². The summed E-state index contributed by atoms with van der Waals surface area (Å²) in [6, 6.07) is 6.82. The van der Waals surface area contributed by atoms with Crippen molar-refractivity contribution in [3.63, 3.8) is 0 Å². The van der Waals surface area contributed by atoms with Gasteiger partial charge in [-0.3, -0.25) is 9.59 Å². The van der Waals surface area contributed by atoms with Gasteiger partial charge < -0.3 is 10.6 Å². The molecule has 0 aliphatic rings. The molecule has 6 nitrogen and oxygen atoms in total. The van der Waals surface area contributed by atoms with E-state index in [9.17, 15) is 9.59 Å². The lowest BCUT2D eigenvalue weighted by molar-refractivity contribution is -0.275. The molecule has 0 saturated heterocycles. The minimum Gasteiger partial charge on any atom is -0.349 e. The van der Waals surface area contributed by atoms with Crippen molar-refractivity contribution in [3.8, 4) is 0 Å². The Hall–Kier alpha value is -0.900. The van der Waals surface area contributed by atoms with Gasteiger partial charge in [-0.2, -0.15) is 0 Å². The zero-order valence-corrected chi connectivity index (χ0v) is 17.6. The van der Waals surface area contributed by atoms with Gasteiger partial charge in [-0.15, -0.1) is 17.8 Å². The van der Waals surface area contributed by atoms with Crippen LogP contribution in [-0.2, 0) is 21.0 Å². The fourth-order valence-corrected chi connectivity index (χ4v) is 3.50. The van der Waals surface area contributed by atoms with E-state index in [2.05, 4.69) is 26.5 Å². The molecule has 0 fully saturated rings. The number of amides is 1. The third kappa shape index (κ3) is 8.66. The van der Waals surface area contributed by atoms with E-state index in [0.717, 1.165) is 39.4 Å². The molecule has 0 radical (unpaired) electrons. The van der Waals surface area contributed by atoms with Crippen LogP contribution < -0.4 is 10.6 Å². The maximum atomic E-state index is 12.7. The molecule has 0 saturated carbocycles. The van der Waals surface area contributed by atoms with Crippen LogP contribution >= 0.6 is 17.8 Å². The van der Waals surface area contributed by atoms with E-state index in [1.807, 2.05) is 18.2 Å². The van der Waals surface area contributed by atoms with Crippen LogP contribution in [0.25, 0.3) is 0 Å². The number of nitrogens with one attached hydrogen (secondary N) is 2.